The molecule has 0 aromatic heterocycles. The van der Waals surface area contributed by atoms with Crippen molar-refractivity contribution in [1.29, 1.82) is 0 Å². The summed E-state index contributed by atoms with van der Waals surface area (Å²) in [6, 6.07) is 0.309. The van der Waals surface area contributed by atoms with E-state index >= 15 is 0 Å². The molecular weight excluding hydrogens is 264 g/mol. The molecule has 4 nitrogen and oxygen atoms in total. The molecule has 116 valence electrons. The molecule has 0 spiro atoms. The predicted molar refractivity (Wildman–Crippen MR) is 80.2 cm³/mol. The van der Waals surface area contributed by atoms with Crippen molar-refractivity contribution in [3.05, 3.63) is 11.3 Å². The number of carbonyl (C=O) groups is 1. The molecule has 4 bridgehead atoms. The van der Waals surface area contributed by atoms with Crippen LogP contribution in [-0.2, 0) is 4.84 Å². The predicted octanol–water partition coefficient (Wildman–Crippen LogP) is 3.64. The molecule has 0 radical (unpaired) electrons. The van der Waals surface area contributed by atoms with Gasteiger partial charge in [0.05, 0.1) is 5.70 Å². The fourth-order valence-corrected chi connectivity index (χ4v) is 5.12. The van der Waals surface area contributed by atoms with Crippen molar-refractivity contribution in [2.45, 2.75) is 70.3 Å². The molecule has 5 aliphatic rings. The largest absolute Gasteiger partial charge is 0.431 e. The van der Waals surface area contributed by atoms with Crippen LogP contribution in [0.15, 0.2) is 11.3 Å². The number of nitrogens with one attached hydrogen (secondary N) is 2. The van der Waals surface area contributed by atoms with Crippen molar-refractivity contribution in [2.75, 3.05) is 0 Å². The highest BCUT2D eigenvalue weighted by atomic mass is 16.7. The van der Waals surface area contributed by atoms with Crippen LogP contribution in [0.25, 0.3) is 0 Å². The van der Waals surface area contributed by atoms with Crippen molar-refractivity contribution in [3.63, 3.8) is 0 Å². The Bertz CT molecular complexity index is 438. The first-order valence-corrected chi connectivity index (χ1v) is 8.73. The van der Waals surface area contributed by atoms with Crippen molar-refractivity contribution in [2.24, 2.45) is 17.8 Å². The molecule has 5 rings (SSSR count). The van der Waals surface area contributed by atoms with Gasteiger partial charge in [0.25, 0.3) is 0 Å². The Morgan fingerprint density at radius 2 is 1.71 bits per heavy atom. The van der Waals surface area contributed by atoms with E-state index in [1.165, 1.54) is 62.6 Å². The fourth-order valence-electron chi connectivity index (χ4n) is 5.12. The van der Waals surface area contributed by atoms with Gasteiger partial charge in [0.2, 0.25) is 0 Å². The molecule has 2 N–H and O–H groups in total. The first kappa shape index (κ1) is 13.5. The number of hydroxylamine groups is 1. The molecule has 3 fully saturated rings. The second kappa shape index (κ2) is 5.54. The number of hydrogen-bond donors (Lipinski definition) is 2. The van der Waals surface area contributed by atoms with Crippen LogP contribution in [0.5, 0.6) is 0 Å². The lowest BCUT2D eigenvalue weighted by Crippen LogP contribution is -2.43. The number of amides is 1. The summed E-state index contributed by atoms with van der Waals surface area (Å²) in [5, 5.41) is 3.00. The van der Waals surface area contributed by atoms with Crippen LogP contribution in [0.2, 0.25) is 0 Å². The number of carbonyl (C=O) groups excluding carboxylic acids is 1. The Hall–Kier alpha value is -1.19. The van der Waals surface area contributed by atoms with Gasteiger partial charge in [-0.3, -0.25) is 0 Å². The molecule has 0 aromatic carbocycles. The zero-order chi connectivity index (χ0) is 14.2. The maximum absolute atomic E-state index is 11.9. The number of hydrogen-bond acceptors (Lipinski definition) is 3. The molecular formula is C17H26N2O2. The van der Waals surface area contributed by atoms with Gasteiger partial charge in [-0.15, -0.1) is 0 Å². The summed E-state index contributed by atoms with van der Waals surface area (Å²) < 4.78 is 0. The molecule has 0 saturated heterocycles. The van der Waals surface area contributed by atoms with E-state index in [1.54, 1.807) is 0 Å². The SMILES string of the molecule is O=C(NC1CCCCC1)ONC1=C2CC3CC(C2)CC1C3. The minimum atomic E-state index is -0.302. The van der Waals surface area contributed by atoms with Gasteiger partial charge in [-0.25, -0.2) is 10.3 Å². The van der Waals surface area contributed by atoms with E-state index in [1.807, 2.05) is 0 Å². The molecule has 0 aliphatic heterocycles. The smallest absolute Gasteiger partial charge is 0.325 e. The highest BCUT2D eigenvalue weighted by molar-refractivity contribution is 5.67. The standard InChI is InChI=1S/C17H26N2O2/c20-17(18-15-4-2-1-3-5-15)21-19-16-13-7-11-6-12(9-13)10-14(16)8-11/h11-13,15,19H,1-10H2,(H,18,20). The molecule has 21 heavy (non-hydrogen) atoms. The topological polar surface area (TPSA) is 50.4 Å². The normalized spacial score (nSPS) is 35.0. The third-order valence-electron chi connectivity index (χ3n) is 5.94. The lowest BCUT2D eigenvalue weighted by Gasteiger charge is -2.47. The van der Waals surface area contributed by atoms with Crippen LogP contribution in [0, 0.1) is 17.8 Å². The lowest BCUT2D eigenvalue weighted by atomic mass is 9.60. The maximum Gasteiger partial charge on any atom is 0.431 e. The van der Waals surface area contributed by atoms with Crippen LogP contribution < -0.4 is 10.8 Å². The highest BCUT2D eigenvalue weighted by Gasteiger charge is 2.42. The molecule has 0 aromatic rings. The van der Waals surface area contributed by atoms with Gasteiger partial charge in [-0.2, -0.15) is 0 Å². The van der Waals surface area contributed by atoms with Crippen molar-refractivity contribution in [1.82, 2.24) is 10.8 Å². The summed E-state index contributed by atoms with van der Waals surface area (Å²) in [5.74, 6) is 2.42. The van der Waals surface area contributed by atoms with Gasteiger partial charge in [-0.05, 0) is 62.4 Å². The Morgan fingerprint density at radius 1 is 1.00 bits per heavy atom. The van der Waals surface area contributed by atoms with Gasteiger partial charge < -0.3 is 10.2 Å². The van der Waals surface area contributed by atoms with Crippen LogP contribution in [0.3, 0.4) is 0 Å². The van der Waals surface area contributed by atoms with Crippen molar-refractivity contribution in [3.8, 4) is 0 Å². The number of allylic oxidation sites excluding steroid dienone is 2. The molecule has 4 heteroatoms. The fraction of sp³-hybridized carbons (Fsp3) is 0.824. The second-order valence-electron chi connectivity index (χ2n) is 7.53. The zero-order valence-corrected chi connectivity index (χ0v) is 12.7. The molecule has 1 amide bonds. The minimum absolute atomic E-state index is 0.302. The Balaban J connectivity index is 1.31. The molecule has 0 heterocycles. The summed E-state index contributed by atoms with van der Waals surface area (Å²) in [7, 11) is 0. The Labute approximate surface area is 126 Å². The van der Waals surface area contributed by atoms with Gasteiger partial charge in [0, 0.05) is 12.0 Å². The Kier molecular flexibility index (Phi) is 3.56. The van der Waals surface area contributed by atoms with E-state index in [0.29, 0.717) is 12.0 Å². The maximum atomic E-state index is 11.9. The summed E-state index contributed by atoms with van der Waals surface area (Å²) in [6.45, 7) is 0. The quantitative estimate of drug-likeness (QED) is 0.780. The van der Waals surface area contributed by atoms with Crippen LogP contribution in [-0.4, -0.2) is 12.1 Å². The highest BCUT2D eigenvalue weighted by Crippen LogP contribution is 2.52. The summed E-state index contributed by atoms with van der Waals surface area (Å²) in [5.41, 5.74) is 5.79. The average molecular weight is 290 g/mol. The first-order chi connectivity index (χ1) is 10.3. The van der Waals surface area contributed by atoms with Crippen LogP contribution >= 0.6 is 0 Å². The van der Waals surface area contributed by atoms with E-state index in [4.69, 9.17) is 4.84 Å². The Morgan fingerprint density at radius 3 is 2.38 bits per heavy atom. The summed E-state index contributed by atoms with van der Waals surface area (Å²) >= 11 is 0. The third kappa shape index (κ3) is 2.77. The van der Waals surface area contributed by atoms with Gasteiger partial charge >= 0.3 is 6.09 Å². The van der Waals surface area contributed by atoms with Gasteiger partial charge in [0.1, 0.15) is 0 Å². The molecule has 3 saturated carbocycles. The van der Waals surface area contributed by atoms with E-state index in [2.05, 4.69) is 10.8 Å². The minimum Gasteiger partial charge on any atom is -0.325 e. The van der Waals surface area contributed by atoms with Gasteiger partial charge in [0.15, 0.2) is 0 Å². The van der Waals surface area contributed by atoms with E-state index in [9.17, 15) is 4.79 Å². The van der Waals surface area contributed by atoms with E-state index < -0.39 is 0 Å². The third-order valence-corrected chi connectivity index (χ3v) is 5.94. The molecule has 2 unspecified atom stereocenters. The van der Waals surface area contributed by atoms with Crippen molar-refractivity contribution >= 4 is 6.09 Å². The van der Waals surface area contributed by atoms with E-state index in [-0.39, 0.29) is 6.09 Å². The average Bonchev–Trinajstić information content (AvgIpc) is 2.47. The zero-order valence-electron chi connectivity index (χ0n) is 12.7. The van der Waals surface area contributed by atoms with E-state index in [0.717, 1.165) is 24.7 Å². The lowest BCUT2D eigenvalue weighted by molar-refractivity contribution is 0.0715. The monoisotopic (exact) mass is 290 g/mol. The van der Waals surface area contributed by atoms with Crippen molar-refractivity contribution < 1.29 is 9.63 Å². The van der Waals surface area contributed by atoms with Crippen LogP contribution in [0.1, 0.15) is 64.2 Å². The molecule has 2 atom stereocenters. The van der Waals surface area contributed by atoms with Crippen LogP contribution in [0.4, 0.5) is 4.79 Å². The molecule has 5 aliphatic carbocycles. The van der Waals surface area contributed by atoms with Gasteiger partial charge in [-0.1, -0.05) is 19.3 Å². The number of rotatable bonds is 3. The first-order valence-electron chi connectivity index (χ1n) is 8.73. The summed E-state index contributed by atoms with van der Waals surface area (Å²) in [6.07, 6.45) is 12.1. The second-order valence-corrected chi connectivity index (χ2v) is 7.53. The summed E-state index contributed by atoms with van der Waals surface area (Å²) in [4.78, 5) is 17.2.